The second kappa shape index (κ2) is 5.18. The number of anilines is 1. The van der Waals surface area contributed by atoms with Gasteiger partial charge in [0.2, 0.25) is 5.13 Å². The Balaban J connectivity index is 1.87. The summed E-state index contributed by atoms with van der Waals surface area (Å²) in [6.07, 6.45) is 0.736. The lowest BCUT2D eigenvalue weighted by molar-refractivity contribution is 0.627. The lowest BCUT2D eigenvalue weighted by atomic mass is 10.1. The Morgan fingerprint density at radius 2 is 2.31 bits per heavy atom. The first-order valence-electron chi connectivity index (χ1n) is 4.58. The lowest BCUT2D eigenvalue weighted by Gasteiger charge is -2.03. The SMILES string of the molecule is Fc1ccc(CCNc2nnns2)cc1Cl. The van der Waals surface area contributed by atoms with Crippen LogP contribution in [0.3, 0.4) is 0 Å². The predicted molar refractivity (Wildman–Crippen MR) is 61.3 cm³/mol. The summed E-state index contributed by atoms with van der Waals surface area (Å²) in [6.45, 7) is 0.679. The minimum absolute atomic E-state index is 0.148. The fourth-order valence-corrected chi connectivity index (χ4v) is 1.80. The molecular formula is C9H8ClFN4S. The van der Waals surface area contributed by atoms with Gasteiger partial charge in [-0.1, -0.05) is 27.3 Å². The summed E-state index contributed by atoms with van der Waals surface area (Å²) in [6, 6.07) is 4.70. The van der Waals surface area contributed by atoms with Crippen LogP contribution in [0.1, 0.15) is 5.56 Å². The molecule has 1 heterocycles. The second-order valence-electron chi connectivity index (χ2n) is 3.09. The van der Waals surface area contributed by atoms with E-state index >= 15 is 0 Å². The quantitative estimate of drug-likeness (QED) is 0.915. The molecule has 0 atom stereocenters. The molecule has 0 aliphatic heterocycles. The molecule has 0 fully saturated rings. The molecule has 1 aromatic carbocycles. The monoisotopic (exact) mass is 258 g/mol. The van der Waals surface area contributed by atoms with Gasteiger partial charge < -0.3 is 5.32 Å². The maximum atomic E-state index is 12.9. The third kappa shape index (κ3) is 2.86. The highest BCUT2D eigenvalue weighted by atomic mass is 35.5. The summed E-state index contributed by atoms with van der Waals surface area (Å²) in [5.41, 5.74) is 0.969. The minimum Gasteiger partial charge on any atom is -0.359 e. The van der Waals surface area contributed by atoms with Gasteiger partial charge in [-0.25, -0.2) is 4.39 Å². The van der Waals surface area contributed by atoms with Gasteiger partial charge in [-0.15, -0.1) is 0 Å². The third-order valence-electron chi connectivity index (χ3n) is 1.97. The average Bonchev–Trinajstić information content (AvgIpc) is 2.76. The number of aromatic nitrogens is 3. The van der Waals surface area contributed by atoms with Gasteiger partial charge in [0, 0.05) is 18.1 Å². The van der Waals surface area contributed by atoms with Gasteiger partial charge in [-0.2, -0.15) is 0 Å². The maximum absolute atomic E-state index is 12.9. The molecule has 0 radical (unpaired) electrons. The van der Waals surface area contributed by atoms with Crippen molar-refractivity contribution in [1.29, 1.82) is 0 Å². The van der Waals surface area contributed by atoms with Crippen LogP contribution in [0.15, 0.2) is 18.2 Å². The van der Waals surface area contributed by atoms with Crippen LogP contribution < -0.4 is 5.32 Å². The Bertz CT molecular complexity index is 463. The van der Waals surface area contributed by atoms with Crippen molar-refractivity contribution in [3.8, 4) is 0 Å². The molecule has 0 saturated carbocycles. The third-order valence-corrected chi connectivity index (χ3v) is 2.82. The van der Waals surface area contributed by atoms with E-state index in [4.69, 9.17) is 11.6 Å². The fourth-order valence-electron chi connectivity index (χ4n) is 1.21. The van der Waals surface area contributed by atoms with E-state index in [0.29, 0.717) is 11.7 Å². The first-order chi connectivity index (χ1) is 7.75. The topological polar surface area (TPSA) is 50.7 Å². The van der Waals surface area contributed by atoms with E-state index in [2.05, 4.69) is 20.1 Å². The Labute approximate surface area is 101 Å². The van der Waals surface area contributed by atoms with Gasteiger partial charge in [0.25, 0.3) is 0 Å². The number of nitrogens with one attached hydrogen (secondary N) is 1. The molecular weight excluding hydrogens is 251 g/mol. The minimum atomic E-state index is -0.397. The van der Waals surface area contributed by atoms with Crippen molar-refractivity contribution in [2.45, 2.75) is 6.42 Å². The van der Waals surface area contributed by atoms with Gasteiger partial charge in [0.1, 0.15) is 5.82 Å². The van der Waals surface area contributed by atoms with Gasteiger partial charge in [0.15, 0.2) is 0 Å². The van der Waals surface area contributed by atoms with Crippen LogP contribution in [0.25, 0.3) is 0 Å². The fraction of sp³-hybridized carbons (Fsp3) is 0.222. The zero-order chi connectivity index (χ0) is 11.4. The molecule has 0 saturated heterocycles. The van der Waals surface area contributed by atoms with Crippen molar-refractivity contribution in [2.24, 2.45) is 0 Å². The van der Waals surface area contributed by atoms with Gasteiger partial charge >= 0.3 is 0 Å². The van der Waals surface area contributed by atoms with Crippen molar-refractivity contribution >= 4 is 28.3 Å². The summed E-state index contributed by atoms with van der Waals surface area (Å²) in [5.74, 6) is -0.397. The highest BCUT2D eigenvalue weighted by Crippen LogP contribution is 2.16. The van der Waals surface area contributed by atoms with Gasteiger partial charge in [-0.3, -0.25) is 0 Å². The van der Waals surface area contributed by atoms with Gasteiger partial charge in [-0.05, 0) is 29.3 Å². The summed E-state index contributed by atoms with van der Waals surface area (Å²) >= 11 is 6.86. The Hall–Kier alpha value is -1.27. The highest BCUT2D eigenvalue weighted by molar-refractivity contribution is 7.09. The molecule has 4 nitrogen and oxygen atoms in total. The molecule has 0 spiro atoms. The van der Waals surface area contributed by atoms with E-state index in [1.807, 2.05) is 0 Å². The zero-order valence-electron chi connectivity index (χ0n) is 8.15. The second-order valence-corrected chi connectivity index (χ2v) is 4.23. The van der Waals surface area contributed by atoms with Crippen molar-refractivity contribution in [2.75, 3.05) is 11.9 Å². The van der Waals surface area contributed by atoms with E-state index in [0.717, 1.165) is 12.0 Å². The summed E-state index contributed by atoms with van der Waals surface area (Å²) < 4.78 is 16.5. The molecule has 7 heteroatoms. The summed E-state index contributed by atoms with van der Waals surface area (Å²) in [4.78, 5) is 0. The Kier molecular flexibility index (Phi) is 3.63. The van der Waals surface area contributed by atoms with E-state index in [1.165, 1.54) is 17.6 Å². The number of rotatable bonds is 4. The van der Waals surface area contributed by atoms with E-state index < -0.39 is 5.82 Å². The summed E-state index contributed by atoms with van der Waals surface area (Å²) in [7, 11) is 0. The van der Waals surface area contributed by atoms with Crippen molar-refractivity contribution in [3.63, 3.8) is 0 Å². The lowest BCUT2D eigenvalue weighted by Crippen LogP contribution is -2.04. The maximum Gasteiger partial charge on any atom is 0.225 e. The number of halogens is 2. The number of benzene rings is 1. The van der Waals surface area contributed by atoms with Crippen molar-refractivity contribution in [1.82, 2.24) is 14.8 Å². The van der Waals surface area contributed by atoms with Crippen molar-refractivity contribution < 1.29 is 4.39 Å². The smallest absolute Gasteiger partial charge is 0.225 e. The molecule has 2 rings (SSSR count). The molecule has 1 N–H and O–H groups in total. The molecule has 0 aliphatic rings. The molecule has 16 heavy (non-hydrogen) atoms. The van der Waals surface area contributed by atoms with E-state index in [9.17, 15) is 4.39 Å². The first-order valence-corrected chi connectivity index (χ1v) is 5.73. The number of hydrogen-bond donors (Lipinski definition) is 1. The molecule has 0 aliphatic carbocycles. The van der Waals surface area contributed by atoms with Crippen LogP contribution in [0, 0.1) is 5.82 Å². The first kappa shape index (κ1) is 11.2. The molecule has 0 unspecified atom stereocenters. The van der Waals surface area contributed by atoms with E-state index in [1.54, 1.807) is 12.1 Å². The molecule has 0 bridgehead atoms. The molecule has 2 aromatic rings. The van der Waals surface area contributed by atoms with Crippen LogP contribution in [0.2, 0.25) is 5.02 Å². The van der Waals surface area contributed by atoms with Crippen LogP contribution in [-0.2, 0) is 6.42 Å². The number of hydrogen-bond acceptors (Lipinski definition) is 5. The molecule has 84 valence electrons. The normalized spacial score (nSPS) is 10.4. The molecule has 1 aromatic heterocycles. The largest absolute Gasteiger partial charge is 0.359 e. The van der Waals surface area contributed by atoms with E-state index in [-0.39, 0.29) is 5.02 Å². The van der Waals surface area contributed by atoms with Crippen LogP contribution in [-0.4, -0.2) is 21.3 Å². The average molecular weight is 259 g/mol. The molecule has 0 amide bonds. The summed E-state index contributed by atoms with van der Waals surface area (Å²) in [5, 5.41) is 11.1. The van der Waals surface area contributed by atoms with Crippen molar-refractivity contribution in [3.05, 3.63) is 34.6 Å². The predicted octanol–water partition coefficient (Wildman–Crippen LogP) is 2.38. The number of nitrogens with zero attached hydrogens (tertiary/aromatic N) is 3. The Morgan fingerprint density at radius 3 is 3.00 bits per heavy atom. The highest BCUT2D eigenvalue weighted by Gasteiger charge is 2.01. The van der Waals surface area contributed by atoms with Gasteiger partial charge in [0.05, 0.1) is 5.02 Å². The van der Waals surface area contributed by atoms with Crippen LogP contribution in [0.5, 0.6) is 0 Å². The van der Waals surface area contributed by atoms with Crippen LogP contribution >= 0.6 is 23.1 Å². The Morgan fingerprint density at radius 1 is 1.44 bits per heavy atom. The standard InChI is InChI=1S/C9H8ClFN4S/c10-7-5-6(1-2-8(7)11)3-4-12-9-13-14-15-16-9/h1-2,5H,3-4H2,(H,12,13,15). The zero-order valence-corrected chi connectivity index (χ0v) is 9.72. The van der Waals surface area contributed by atoms with Crippen LogP contribution in [0.4, 0.5) is 9.52 Å².